The van der Waals surface area contributed by atoms with Gasteiger partial charge < -0.3 is 20.7 Å². The molecule has 0 radical (unpaired) electrons. The standard InChI is InChI=1S/C26H27N3O4/c1-33-26(32)23(17-28-24(30)18-27-22-15-16-22)29-25(31)21-13-11-20(12-14-21)10-6-5-9-19-7-3-2-4-8-19/h2-5,7-9,11-14,22-23,27H,15-18H2,1H3,(H,28,30)(H,29,31)/b9-5+/t23-/m0/s1. The van der Waals surface area contributed by atoms with Gasteiger partial charge in [0.15, 0.2) is 0 Å². The fraction of sp³-hybridized carbons (Fsp3) is 0.269. The van der Waals surface area contributed by atoms with E-state index in [-0.39, 0.29) is 19.0 Å². The lowest BCUT2D eigenvalue weighted by Crippen LogP contribution is -2.50. The number of methoxy groups -OCH3 is 1. The number of ether oxygens (including phenoxy) is 1. The summed E-state index contributed by atoms with van der Waals surface area (Å²) >= 11 is 0. The fourth-order valence-electron chi connectivity index (χ4n) is 2.91. The van der Waals surface area contributed by atoms with E-state index < -0.39 is 17.9 Å². The number of carbonyl (C=O) groups excluding carboxylic acids is 3. The molecule has 0 heterocycles. The number of amides is 2. The van der Waals surface area contributed by atoms with E-state index in [2.05, 4.69) is 27.8 Å². The molecule has 0 bridgehead atoms. The largest absolute Gasteiger partial charge is 0.467 e. The molecule has 1 atom stereocenters. The summed E-state index contributed by atoms with van der Waals surface area (Å²) in [5.41, 5.74) is 2.19. The summed E-state index contributed by atoms with van der Waals surface area (Å²) in [5, 5.41) is 8.35. The summed E-state index contributed by atoms with van der Waals surface area (Å²) in [6.45, 7) is 0.121. The molecule has 1 saturated carbocycles. The van der Waals surface area contributed by atoms with E-state index in [0.29, 0.717) is 11.6 Å². The molecule has 1 fully saturated rings. The molecule has 7 nitrogen and oxygen atoms in total. The Morgan fingerprint density at radius 2 is 1.82 bits per heavy atom. The molecule has 0 spiro atoms. The third kappa shape index (κ3) is 8.28. The van der Waals surface area contributed by atoms with E-state index >= 15 is 0 Å². The number of allylic oxidation sites excluding steroid dienone is 1. The highest BCUT2D eigenvalue weighted by atomic mass is 16.5. The van der Waals surface area contributed by atoms with Crippen LogP contribution in [0.1, 0.15) is 34.3 Å². The van der Waals surface area contributed by atoms with E-state index in [0.717, 1.165) is 24.0 Å². The van der Waals surface area contributed by atoms with Crippen molar-refractivity contribution in [1.82, 2.24) is 16.0 Å². The molecule has 3 N–H and O–H groups in total. The second-order valence-corrected chi connectivity index (χ2v) is 7.60. The first-order chi connectivity index (χ1) is 16.0. The number of rotatable bonds is 9. The first-order valence-electron chi connectivity index (χ1n) is 10.8. The molecular formula is C26H27N3O4. The van der Waals surface area contributed by atoms with Crippen molar-refractivity contribution in [3.63, 3.8) is 0 Å². The smallest absolute Gasteiger partial charge is 0.330 e. The monoisotopic (exact) mass is 445 g/mol. The summed E-state index contributed by atoms with van der Waals surface area (Å²) in [5.74, 6) is 4.66. The van der Waals surface area contributed by atoms with Crippen LogP contribution in [0.5, 0.6) is 0 Å². The highest BCUT2D eigenvalue weighted by molar-refractivity contribution is 5.97. The molecule has 170 valence electrons. The predicted octanol–water partition coefficient (Wildman–Crippen LogP) is 1.89. The summed E-state index contributed by atoms with van der Waals surface area (Å²) in [4.78, 5) is 36.5. The minimum absolute atomic E-state index is 0.0547. The fourth-order valence-corrected chi connectivity index (χ4v) is 2.91. The van der Waals surface area contributed by atoms with Gasteiger partial charge in [-0.05, 0) is 54.8 Å². The Kier molecular flexibility index (Phi) is 8.80. The van der Waals surface area contributed by atoms with E-state index in [1.807, 2.05) is 36.4 Å². The van der Waals surface area contributed by atoms with Crippen LogP contribution in [-0.2, 0) is 14.3 Å². The first kappa shape index (κ1) is 23.8. The van der Waals surface area contributed by atoms with Crippen molar-refractivity contribution >= 4 is 23.9 Å². The van der Waals surface area contributed by atoms with Crippen LogP contribution in [0.15, 0.2) is 60.7 Å². The SMILES string of the molecule is COC(=O)[C@H](CNC(=O)CNC1CC1)NC(=O)c1ccc(C#C/C=C/c2ccccc2)cc1. The zero-order chi connectivity index (χ0) is 23.5. The molecule has 0 saturated heterocycles. The van der Waals surface area contributed by atoms with E-state index in [9.17, 15) is 14.4 Å². The first-order valence-corrected chi connectivity index (χ1v) is 10.8. The second kappa shape index (κ2) is 12.2. The van der Waals surface area contributed by atoms with Crippen LogP contribution in [0.25, 0.3) is 6.08 Å². The average molecular weight is 446 g/mol. The van der Waals surface area contributed by atoms with Gasteiger partial charge in [-0.1, -0.05) is 42.2 Å². The van der Waals surface area contributed by atoms with Crippen molar-refractivity contribution in [3.8, 4) is 11.8 Å². The van der Waals surface area contributed by atoms with E-state index in [1.165, 1.54) is 7.11 Å². The quantitative estimate of drug-likeness (QED) is 0.405. The van der Waals surface area contributed by atoms with E-state index in [1.54, 1.807) is 30.3 Å². The number of hydrogen-bond donors (Lipinski definition) is 3. The lowest BCUT2D eigenvalue weighted by atomic mass is 10.1. The zero-order valence-corrected chi connectivity index (χ0v) is 18.5. The molecule has 33 heavy (non-hydrogen) atoms. The van der Waals surface area contributed by atoms with Crippen molar-refractivity contribution < 1.29 is 19.1 Å². The van der Waals surface area contributed by atoms with Gasteiger partial charge in [0.05, 0.1) is 13.7 Å². The normalized spacial score (nSPS) is 13.5. The molecule has 2 aromatic rings. The molecule has 3 rings (SSSR count). The van der Waals surface area contributed by atoms with Gasteiger partial charge in [0.2, 0.25) is 5.91 Å². The van der Waals surface area contributed by atoms with Crippen molar-refractivity contribution in [2.45, 2.75) is 24.9 Å². The third-order valence-electron chi connectivity index (χ3n) is 4.95. The Labute approximate surface area is 193 Å². The van der Waals surface area contributed by atoms with Crippen molar-refractivity contribution in [2.75, 3.05) is 20.2 Å². The second-order valence-electron chi connectivity index (χ2n) is 7.60. The van der Waals surface area contributed by atoms with Crippen LogP contribution in [0.2, 0.25) is 0 Å². The van der Waals surface area contributed by atoms with Crippen LogP contribution in [0.4, 0.5) is 0 Å². The molecular weight excluding hydrogens is 418 g/mol. The van der Waals surface area contributed by atoms with Gasteiger partial charge in [-0.2, -0.15) is 0 Å². The Morgan fingerprint density at radius 1 is 1.09 bits per heavy atom. The minimum atomic E-state index is -0.991. The maximum Gasteiger partial charge on any atom is 0.330 e. The molecule has 0 aromatic heterocycles. The summed E-state index contributed by atoms with van der Waals surface area (Å²) in [6, 6.07) is 16.0. The number of benzene rings is 2. The zero-order valence-electron chi connectivity index (χ0n) is 18.5. The van der Waals surface area contributed by atoms with Crippen molar-refractivity contribution in [1.29, 1.82) is 0 Å². The van der Waals surface area contributed by atoms with Gasteiger partial charge in [0, 0.05) is 23.7 Å². The molecule has 0 unspecified atom stereocenters. The molecule has 2 amide bonds. The van der Waals surface area contributed by atoms with Crippen LogP contribution >= 0.6 is 0 Å². The van der Waals surface area contributed by atoms with Gasteiger partial charge in [-0.3, -0.25) is 9.59 Å². The van der Waals surface area contributed by atoms with Gasteiger partial charge in [-0.15, -0.1) is 0 Å². The van der Waals surface area contributed by atoms with Gasteiger partial charge in [0.1, 0.15) is 6.04 Å². The number of hydrogen-bond acceptors (Lipinski definition) is 5. The molecule has 0 aliphatic heterocycles. The topological polar surface area (TPSA) is 96.5 Å². The van der Waals surface area contributed by atoms with Crippen LogP contribution in [0.3, 0.4) is 0 Å². The van der Waals surface area contributed by atoms with Crippen LogP contribution < -0.4 is 16.0 Å². The predicted molar refractivity (Wildman–Crippen MR) is 126 cm³/mol. The highest BCUT2D eigenvalue weighted by Gasteiger charge is 2.24. The van der Waals surface area contributed by atoms with Crippen molar-refractivity contribution in [2.24, 2.45) is 0 Å². The highest BCUT2D eigenvalue weighted by Crippen LogP contribution is 2.17. The number of carbonyl (C=O) groups is 3. The Morgan fingerprint density at radius 3 is 2.48 bits per heavy atom. The summed E-state index contributed by atoms with van der Waals surface area (Å²) in [6.07, 6.45) is 5.83. The molecule has 1 aliphatic rings. The minimum Gasteiger partial charge on any atom is -0.467 e. The lowest BCUT2D eigenvalue weighted by molar-refractivity contribution is -0.142. The Hall–Kier alpha value is -3.89. The van der Waals surface area contributed by atoms with Crippen LogP contribution in [-0.4, -0.2) is 50.1 Å². The van der Waals surface area contributed by atoms with Gasteiger partial charge >= 0.3 is 5.97 Å². The average Bonchev–Trinajstić information content (AvgIpc) is 3.68. The third-order valence-corrected chi connectivity index (χ3v) is 4.95. The van der Waals surface area contributed by atoms with E-state index in [4.69, 9.17) is 4.74 Å². The molecule has 1 aliphatic carbocycles. The van der Waals surface area contributed by atoms with Crippen molar-refractivity contribution in [3.05, 3.63) is 77.4 Å². The number of esters is 1. The maximum atomic E-state index is 12.6. The Bertz CT molecular complexity index is 1050. The van der Waals surface area contributed by atoms with Gasteiger partial charge in [0.25, 0.3) is 5.91 Å². The summed E-state index contributed by atoms with van der Waals surface area (Å²) < 4.78 is 4.75. The number of nitrogens with one attached hydrogen (secondary N) is 3. The summed E-state index contributed by atoms with van der Waals surface area (Å²) in [7, 11) is 1.23. The lowest BCUT2D eigenvalue weighted by Gasteiger charge is -2.17. The van der Waals surface area contributed by atoms with Crippen LogP contribution in [0, 0.1) is 11.8 Å². The Balaban J connectivity index is 1.52. The molecule has 7 heteroatoms. The molecule has 2 aromatic carbocycles. The van der Waals surface area contributed by atoms with Gasteiger partial charge in [-0.25, -0.2) is 4.79 Å². The maximum absolute atomic E-state index is 12.6.